The van der Waals surface area contributed by atoms with E-state index < -0.39 is 23.2 Å². The van der Waals surface area contributed by atoms with E-state index in [1.54, 1.807) is 36.4 Å². The van der Waals surface area contributed by atoms with E-state index >= 15 is 0 Å². The number of hydrogen-bond acceptors (Lipinski definition) is 3. The number of benzene rings is 3. The maximum Gasteiger partial charge on any atom is 0.341 e. The fourth-order valence-electron chi connectivity index (χ4n) is 2.56. The Hall–Kier alpha value is -3.34. The minimum Gasteiger partial charge on any atom is -0.457 e. The first-order valence-electron chi connectivity index (χ1n) is 7.85. The Balaban J connectivity index is 1.87. The Morgan fingerprint density at radius 1 is 0.846 bits per heavy atom. The molecule has 0 aliphatic rings. The second-order valence-electron chi connectivity index (χ2n) is 5.56. The molecule has 130 valence electrons. The van der Waals surface area contributed by atoms with Gasteiger partial charge in [-0.3, -0.25) is 4.79 Å². The van der Waals surface area contributed by atoms with Crippen molar-refractivity contribution in [2.24, 2.45) is 0 Å². The minimum atomic E-state index is -1.30. The molecule has 0 aromatic heterocycles. The average molecular weight is 352 g/mol. The summed E-state index contributed by atoms with van der Waals surface area (Å²) in [6.07, 6.45) is 0.564. The van der Waals surface area contributed by atoms with Crippen LogP contribution in [0.25, 0.3) is 11.1 Å². The van der Waals surface area contributed by atoms with Crippen molar-refractivity contribution in [1.29, 1.82) is 0 Å². The molecule has 0 heterocycles. The van der Waals surface area contributed by atoms with Gasteiger partial charge in [0.1, 0.15) is 6.61 Å². The topological polar surface area (TPSA) is 43.4 Å². The SMILES string of the molecule is O=Cc1ccccc1-c1ccc(C(=O)OCc2ccccc2)c(F)c1F. The monoisotopic (exact) mass is 352 g/mol. The van der Waals surface area contributed by atoms with Gasteiger partial charge < -0.3 is 4.74 Å². The lowest BCUT2D eigenvalue weighted by Crippen LogP contribution is -2.09. The van der Waals surface area contributed by atoms with Gasteiger partial charge in [0.15, 0.2) is 17.9 Å². The van der Waals surface area contributed by atoms with Crippen LogP contribution in [0.3, 0.4) is 0 Å². The van der Waals surface area contributed by atoms with Crippen molar-refractivity contribution in [3.8, 4) is 11.1 Å². The molecule has 0 N–H and O–H groups in total. The van der Waals surface area contributed by atoms with Crippen LogP contribution < -0.4 is 0 Å². The Labute approximate surface area is 148 Å². The molecule has 26 heavy (non-hydrogen) atoms. The van der Waals surface area contributed by atoms with Crippen molar-refractivity contribution < 1.29 is 23.1 Å². The summed E-state index contributed by atoms with van der Waals surface area (Å²) in [5.41, 5.74) is 0.627. The van der Waals surface area contributed by atoms with Crippen LogP contribution in [0.15, 0.2) is 66.7 Å². The van der Waals surface area contributed by atoms with Gasteiger partial charge in [0.2, 0.25) is 0 Å². The highest BCUT2D eigenvalue weighted by atomic mass is 19.2. The molecule has 3 aromatic rings. The lowest BCUT2D eigenvalue weighted by molar-refractivity contribution is 0.0466. The summed E-state index contributed by atoms with van der Waals surface area (Å²) < 4.78 is 33.9. The van der Waals surface area contributed by atoms with Gasteiger partial charge in [-0.25, -0.2) is 13.6 Å². The van der Waals surface area contributed by atoms with Gasteiger partial charge in [0.05, 0.1) is 5.56 Å². The van der Waals surface area contributed by atoms with E-state index in [1.807, 2.05) is 6.07 Å². The van der Waals surface area contributed by atoms with Crippen LogP contribution in [0.1, 0.15) is 26.3 Å². The predicted octanol–water partition coefficient (Wildman–Crippen LogP) is 4.80. The zero-order chi connectivity index (χ0) is 18.5. The van der Waals surface area contributed by atoms with Gasteiger partial charge in [0.25, 0.3) is 0 Å². The Bertz CT molecular complexity index is 953. The largest absolute Gasteiger partial charge is 0.457 e. The summed E-state index contributed by atoms with van der Waals surface area (Å²) >= 11 is 0. The van der Waals surface area contributed by atoms with E-state index in [0.29, 0.717) is 6.29 Å². The van der Waals surface area contributed by atoms with Crippen LogP contribution in [0.4, 0.5) is 8.78 Å². The van der Waals surface area contributed by atoms with Crippen LogP contribution in [0, 0.1) is 11.6 Å². The molecule has 3 nitrogen and oxygen atoms in total. The summed E-state index contributed by atoms with van der Waals surface area (Å²) in [7, 11) is 0. The number of esters is 1. The standard InChI is InChI=1S/C21H14F2O3/c22-19-17(16-9-5-4-8-15(16)12-24)10-11-18(20(19)23)21(25)26-13-14-6-2-1-3-7-14/h1-12H,13H2. The third-order valence-corrected chi connectivity index (χ3v) is 3.89. The molecule has 3 aromatic carbocycles. The molecule has 0 unspecified atom stereocenters. The predicted molar refractivity (Wildman–Crippen MR) is 92.7 cm³/mol. The highest BCUT2D eigenvalue weighted by Crippen LogP contribution is 2.29. The van der Waals surface area contributed by atoms with Gasteiger partial charge in [-0.1, -0.05) is 60.7 Å². The van der Waals surface area contributed by atoms with Gasteiger partial charge in [-0.15, -0.1) is 0 Å². The molecule has 0 bridgehead atoms. The summed E-state index contributed by atoms with van der Waals surface area (Å²) in [6.45, 7) is -0.0452. The quantitative estimate of drug-likeness (QED) is 0.489. The number of rotatable bonds is 5. The molecule has 0 saturated carbocycles. The second-order valence-corrected chi connectivity index (χ2v) is 5.56. The van der Waals surface area contributed by atoms with Gasteiger partial charge in [0, 0.05) is 11.1 Å². The van der Waals surface area contributed by atoms with Crippen molar-refractivity contribution in [2.75, 3.05) is 0 Å². The molecule has 0 saturated heterocycles. The zero-order valence-corrected chi connectivity index (χ0v) is 13.6. The van der Waals surface area contributed by atoms with Crippen LogP contribution in [0.2, 0.25) is 0 Å². The second kappa shape index (κ2) is 7.70. The van der Waals surface area contributed by atoms with E-state index in [-0.39, 0.29) is 23.3 Å². The normalized spacial score (nSPS) is 10.4. The summed E-state index contributed by atoms with van der Waals surface area (Å²) in [6, 6.07) is 17.5. The van der Waals surface area contributed by atoms with E-state index in [9.17, 15) is 18.4 Å². The first-order valence-corrected chi connectivity index (χ1v) is 7.85. The number of ether oxygens (including phenoxy) is 1. The van der Waals surface area contributed by atoms with Gasteiger partial charge in [-0.05, 0) is 17.2 Å². The van der Waals surface area contributed by atoms with Crippen molar-refractivity contribution in [1.82, 2.24) is 0 Å². The number of carbonyl (C=O) groups is 2. The summed E-state index contributed by atoms with van der Waals surface area (Å²) in [5.74, 6) is -3.46. The molecular formula is C21H14F2O3. The summed E-state index contributed by atoms with van der Waals surface area (Å²) in [4.78, 5) is 23.2. The van der Waals surface area contributed by atoms with Crippen LogP contribution in [0.5, 0.6) is 0 Å². The molecule has 0 spiro atoms. The van der Waals surface area contributed by atoms with Crippen LogP contribution >= 0.6 is 0 Å². The van der Waals surface area contributed by atoms with Crippen molar-refractivity contribution >= 4 is 12.3 Å². The van der Waals surface area contributed by atoms with Crippen molar-refractivity contribution in [3.05, 3.63) is 95.1 Å². The molecule has 3 rings (SSSR count). The van der Waals surface area contributed by atoms with Crippen LogP contribution in [-0.2, 0) is 11.3 Å². The van der Waals surface area contributed by atoms with E-state index in [2.05, 4.69) is 0 Å². The molecule has 0 radical (unpaired) electrons. The number of aldehydes is 1. The Morgan fingerprint density at radius 3 is 2.27 bits per heavy atom. The summed E-state index contributed by atoms with van der Waals surface area (Å²) in [5, 5.41) is 0. The third-order valence-electron chi connectivity index (χ3n) is 3.89. The number of halogens is 2. The highest BCUT2D eigenvalue weighted by Gasteiger charge is 2.21. The first-order chi connectivity index (χ1) is 12.6. The zero-order valence-electron chi connectivity index (χ0n) is 13.6. The molecule has 0 aliphatic carbocycles. The number of hydrogen-bond donors (Lipinski definition) is 0. The minimum absolute atomic E-state index is 0.0452. The molecular weight excluding hydrogens is 338 g/mol. The van der Waals surface area contributed by atoms with Gasteiger partial charge >= 0.3 is 5.97 Å². The Kier molecular flexibility index (Phi) is 5.17. The van der Waals surface area contributed by atoms with E-state index in [0.717, 1.165) is 11.6 Å². The van der Waals surface area contributed by atoms with Crippen molar-refractivity contribution in [3.63, 3.8) is 0 Å². The molecule has 0 aliphatic heterocycles. The molecule has 5 heteroatoms. The molecule has 0 atom stereocenters. The first kappa shape index (κ1) is 17.5. The fourth-order valence-corrected chi connectivity index (χ4v) is 2.56. The molecule has 0 amide bonds. The van der Waals surface area contributed by atoms with Crippen molar-refractivity contribution in [2.45, 2.75) is 6.61 Å². The fraction of sp³-hybridized carbons (Fsp3) is 0.0476. The maximum absolute atomic E-state index is 14.5. The van der Waals surface area contributed by atoms with Gasteiger partial charge in [-0.2, -0.15) is 0 Å². The average Bonchev–Trinajstić information content (AvgIpc) is 2.69. The lowest BCUT2D eigenvalue weighted by atomic mass is 9.98. The highest BCUT2D eigenvalue weighted by molar-refractivity contribution is 5.92. The van der Waals surface area contributed by atoms with E-state index in [1.165, 1.54) is 18.2 Å². The Morgan fingerprint density at radius 2 is 1.54 bits per heavy atom. The van der Waals surface area contributed by atoms with Crippen LogP contribution in [-0.4, -0.2) is 12.3 Å². The lowest BCUT2D eigenvalue weighted by Gasteiger charge is -2.10. The number of carbonyl (C=O) groups excluding carboxylic acids is 2. The van der Waals surface area contributed by atoms with E-state index in [4.69, 9.17) is 4.74 Å². The maximum atomic E-state index is 14.5. The smallest absolute Gasteiger partial charge is 0.341 e. The third kappa shape index (κ3) is 3.52. The molecule has 0 fully saturated rings.